The van der Waals surface area contributed by atoms with Gasteiger partial charge in [-0.1, -0.05) is 17.7 Å². The molecule has 5 aromatic rings. The van der Waals surface area contributed by atoms with Crippen molar-refractivity contribution in [3.05, 3.63) is 71.5 Å². The highest BCUT2D eigenvalue weighted by atomic mass is 35.5. The minimum atomic E-state index is -4.87. The standard InChI is InChI=1S/C20H13ClF3N9O/c1-31-17(19(34)29-11-9-12(21)18(26-10-11)33-27-5-6-28-33)15(20(22,23)24)16(30-31)13-3-2-4-14-25-7-8-32(13)14/h2-10H,1H3,(H,29,34). The summed E-state index contributed by atoms with van der Waals surface area (Å²) in [6.45, 7) is 0. The van der Waals surface area contributed by atoms with Crippen LogP contribution in [0, 0.1) is 0 Å². The average Bonchev–Trinajstić information content (AvgIpc) is 3.52. The summed E-state index contributed by atoms with van der Waals surface area (Å²) in [6.07, 6.45) is 2.20. The van der Waals surface area contributed by atoms with E-state index in [1.54, 1.807) is 12.1 Å². The number of carbonyl (C=O) groups excluding carboxylic acids is 1. The number of hydrogen-bond donors (Lipinski definition) is 1. The van der Waals surface area contributed by atoms with Gasteiger partial charge in [-0.25, -0.2) is 9.97 Å². The van der Waals surface area contributed by atoms with E-state index in [1.807, 2.05) is 0 Å². The fraction of sp³-hybridized carbons (Fsp3) is 0.100. The number of nitrogens with one attached hydrogen (secondary N) is 1. The maximum absolute atomic E-state index is 14.2. The number of halogens is 4. The molecule has 0 saturated heterocycles. The average molecular weight is 488 g/mol. The van der Waals surface area contributed by atoms with Crippen LogP contribution in [0.1, 0.15) is 16.1 Å². The van der Waals surface area contributed by atoms with Gasteiger partial charge in [0.1, 0.15) is 22.6 Å². The number of aryl methyl sites for hydroxylation is 1. The number of fused-ring (bicyclic) bond motifs is 1. The van der Waals surface area contributed by atoms with Crippen LogP contribution in [0.3, 0.4) is 0 Å². The number of carbonyl (C=O) groups is 1. The van der Waals surface area contributed by atoms with Crippen molar-refractivity contribution in [3.63, 3.8) is 0 Å². The maximum Gasteiger partial charge on any atom is 0.420 e. The highest BCUT2D eigenvalue weighted by Crippen LogP contribution is 2.39. The lowest BCUT2D eigenvalue weighted by Gasteiger charge is -2.12. The molecule has 0 aliphatic rings. The number of anilines is 1. The van der Waals surface area contributed by atoms with E-state index >= 15 is 0 Å². The summed E-state index contributed by atoms with van der Waals surface area (Å²) in [7, 11) is 1.26. The first kappa shape index (κ1) is 21.6. The lowest BCUT2D eigenvalue weighted by Crippen LogP contribution is -2.21. The molecule has 0 radical (unpaired) electrons. The third-order valence-electron chi connectivity index (χ3n) is 4.90. The van der Waals surface area contributed by atoms with E-state index in [0.717, 1.165) is 4.68 Å². The molecule has 172 valence electrons. The summed E-state index contributed by atoms with van der Waals surface area (Å²) >= 11 is 6.19. The number of amides is 1. The molecule has 10 nitrogen and oxygen atoms in total. The Morgan fingerprint density at radius 2 is 1.88 bits per heavy atom. The van der Waals surface area contributed by atoms with Crippen molar-refractivity contribution in [2.45, 2.75) is 6.18 Å². The molecule has 5 heterocycles. The van der Waals surface area contributed by atoms with Crippen molar-refractivity contribution in [2.24, 2.45) is 7.05 Å². The molecule has 0 atom stereocenters. The number of imidazole rings is 1. The molecule has 0 saturated carbocycles. The molecule has 0 aliphatic carbocycles. The van der Waals surface area contributed by atoms with E-state index in [2.05, 4.69) is 30.6 Å². The monoisotopic (exact) mass is 487 g/mol. The summed E-state index contributed by atoms with van der Waals surface area (Å²) in [5, 5.41) is 14.3. The van der Waals surface area contributed by atoms with Gasteiger partial charge in [-0.3, -0.25) is 13.9 Å². The first-order valence-corrected chi connectivity index (χ1v) is 10.0. The largest absolute Gasteiger partial charge is 0.420 e. The molecule has 14 heteroatoms. The molecule has 34 heavy (non-hydrogen) atoms. The Kier molecular flexibility index (Phi) is 5.05. The summed E-state index contributed by atoms with van der Waals surface area (Å²) < 4.78 is 44.9. The quantitative estimate of drug-likeness (QED) is 0.415. The molecular formula is C20H13ClF3N9O. The molecule has 0 bridgehead atoms. The van der Waals surface area contributed by atoms with Crippen LogP contribution in [0.25, 0.3) is 22.9 Å². The van der Waals surface area contributed by atoms with E-state index < -0.39 is 29.0 Å². The molecule has 1 amide bonds. The van der Waals surface area contributed by atoms with Gasteiger partial charge < -0.3 is 5.32 Å². The van der Waals surface area contributed by atoms with Crippen LogP contribution in [0.4, 0.5) is 18.9 Å². The van der Waals surface area contributed by atoms with Crippen LogP contribution in [-0.4, -0.2) is 45.1 Å². The van der Waals surface area contributed by atoms with Crippen molar-refractivity contribution < 1.29 is 18.0 Å². The Hall–Kier alpha value is -4.26. The van der Waals surface area contributed by atoms with E-state index in [1.165, 1.54) is 59.4 Å². The lowest BCUT2D eigenvalue weighted by atomic mass is 10.1. The zero-order valence-corrected chi connectivity index (χ0v) is 17.9. The second kappa shape index (κ2) is 7.95. The number of rotatable bonds is 4. The summed E-state index contributed by atoms with van der Waals surface area (Å²) in [6, 6.07) is 6.02. The molecule has 0 aliphatic heterocycles. The van der Waals surface area contributed by atoms with E-state index in [9.17, 15) is 18.0 Å². The van der Waals surface area contributed by atoms with Gasteiger partial charge in [0.25, 0.3) is 5.91 Å². The van der Waals surface area contributed by atoms with Gasteiger partial charge in [0.05, 0.1) is 35.0 Å². The Bertz CT molecular complexity index is 1520. The number of alkyl halides is 3. The smallest absolute Gasteiger partial charge is 0.319 e. The predicted molar refractivity (Wildman–Crippen MR) is 115 cm³/mol. The molecule has 0 aromatic carbocycles. The van der Waals surface area contributed by atoms with Gasteiger partial charge in [0.15, 0.2) is 5.82 Å². The molecule has 5 rings (SSSR count). The Balaban J connectivity index is 1.56. The van der Waals surface area contributed by atoms with Crippen LogP contribution < -0.4 is 5.32 Å². The first-order chi connectivity index (χ1) is 16.2. The maximum atomic E-state index is 14.2. The van der Waals surface area contributed by atoms with Gasteiger partial charge >= 0.3 is 6.18 Å². The van der Waals surface area contributed by atoms with Gasteiger partial charge in [0, 0.05) is 19.4 Å². The number of nitrogens with zero attached hydrogens (tertiary/aromatic N) is 8. The zero-order valence-electron chi connectivity index (χ0n) is 17.2. The molecule has 0 unspecified atom stereocenters. The highest BCUT2D eigenvalue weighted by Gasteiger charge is 2.42. The Labute approximate surface area is 193 Å². The number of hydrogen-bond acceptors (Lipinski definition) is 6. The van der Waals surface area contributed by atoms with Crippen molar-refractivity contribution >= 4 is 28.8 Å². The van der Waals surface area contributed by atoms with Gasteiger partial charge in [-0.05, 0) is 18.2 Å². The van der Waals surface area contributed by atoms with E-state index in [-0.39, 0.29) is 22.2 Å². The molecule has 1 N–H and O–H groups in total. The van der Waals surface area contributed by atoms with Crippen molar-refractivity contribution in [2.75, 3.05) is 5.32 Å². The minimum Gasteiger partial charge on any atom is -0.319 e. The van der Waals surface area contributed by atoms with Gasteiger partial charge in [0.2, 0.25) is 0 Å². The molecule has 0 spiro atoms. The van der Waals surface area contributed by atoms with Crippen molar-refractivity contribution in [1.82, 2.24) is 39.1 Å². The third kappa shape index (κ3) is 3.65. The molecule has 5 aromatic heterocycles. The minimum absolute atomic E-state index is 0.0819. The van der Waals surface area contributed by atoms with E-state index in [4.69, 9.17) is 11.6 Å². The Morgan fingerprint density at radius 1 is 1.12 bits per heavy atom. The SMILES string of the molecule is Cn1nc(-c2cccc3nccn23)c(C(F)(F)F)c1C(=O)Nc1cnc(-n2nccn2)c(Cl)c1. The van der Waals surface area contributed by atoms with Crippen molar-refractivity contribution in [1.29, 1.82) is 0 Å². The summed E-state index contributed by atoms with van der Waals surface area (Å²) in [5.41, 5.74) is -1.59. The van der Waals surface area contributed by atoms with Gasteiger partial charge in [-0.15, -0.1) is 4.80 Å². The number of pyridine rings is 2. The summed E-state index contributed by atoms with van der Waals surface area (Å²) in [5.74, 6) is -0.842. The van der Waals surface area contributed by atoms with Crippen LogP contribution in [0.2, 0.25) is 5.02 Å². The van der Waals surface area contributed by atoms with Crippen molar-refractivity contribution in [3.8, 4) is 17.2 Å². The predicted octanol–water partition coefficient (Wildman–Crippen LogP) is 3.64. The molecular weight excluding hydrogens is 475 g/mol. The topological polar surface area (TPSA) is 108 Å². The normalized spacial score (nSPS) is 11.8. The van der Waals surface area contributed by atoms with E-state index in [0.29, 0.717) is 5.65 Å². The summed E-state index contributed by atoms with van der Waals surface area (Å²) in [4.78, 5) is 22.3. The van der Waals surface area contributed by atoms with Crippen LogP contribution in [0.15, 0.2) is 55.2 Å². The zero-order chi connectivity index (χ0) is 24.0. The first-order valence-electron chi connectivity index (χ1n) is 9.64. The van der Waals surface area contributed by atoms with Crippen LogP contribution in [0.5, 0.6) is 0 Å². The second-order valence-corrected chi connectivity index (χ2v) is 7.47. The highest BCUT2D eigenvalue weighted by molar-refractivity contribution is 6.32. The van der Waals surface area contributed by atoms with Crippen LogP contribution >= 0.6 is 11.6 Å². The Morgan fingerprint density at radius 3 is 2.59 bits per heavy atom. The lowest BCUT2D eigenvalue weighted by molar-refractivity contribution is -0.137. The number of aromatic nitrogens is 8. The fourth-order valence-electron chi connectivity index (χ4n) is 3.53. The van der Waals surface area contributed by atoms with Gasteiger partial charge in [-0.2, -0.15) is 28.5 Å². The fourth-order valence-corrected chi connectivity index (χ4v) is 3.78. The molecule has 0 fully saturated rings. The second-order valence-electron chi connectivity index (χ2n) is 7.06. The third-order valence-corrected chi connectivity index (χ3v) is 5.18. The van der Waals surface area contributed by atoms with Crippen LogP contribution in [-0.2, 0) is 13.2 Å².